The summed E-state index contributed by atoms with van der Waals surface area (Å²) in [5.74, 6) is -1.26. The standard InChI is InChI=1S/C34H28N10O10S3.3Na/c35-19-6-12-25(24(36)16-19)42-39-22-9-7-20(8-10-22)38-26-13-11-23(17-27(26)55(46,47)48)41-43-32-28(56(49,50)51)14-18-15-29(57(52,53)54)33(34(45)30(18)31(32)37)44-40-21-4-2-1-3-5-21;;;/h1-17,38,40H,35-37H2,(H,46,47,48)(H,49,50,51)(H,52,53,54);;;/q;3*+1/p-3/b42-39?,43-41?,44-33-;;;. The van der Waals surface area contributed by atoms with Gasteiger partial charge in [-0.2, -0.15) is 15.3 Å². The van der Waals surface area contributed by atoms with E-state index in [0.29, 0.717) is 46.3 Å². The molecule has 0 bridgehead atoms. The maximum atomic E-state index is 13.7. The van der Waals surface area contributed by atoms with Crippen LogP contribution >= 0.6 is 0 Å². The van der Waals surface area contributed by atoms with Gasteiger partial charge in [0.05, 0.1) is 54.4 Å². The molecule has 8 N–H and O–H groups in total. The molecule has 0 aliphatic heterocycles. The number of ketones is 1. The first-order chi connectivity index (χ1) is 26.8. The molecule has 0 fully saturated rings. The molecule has 5 aromatic rings. The zero-order valence-electron chi connectivity index (χ0n) is 31.6. The number of carbonyl (C=O) groups is 1. The molecular formula is C34H25N10Na3O10S3. The van der Waals surface area contributed by atoms with Crippen molar-refractivity contribution in [2.24, 2.45) is 25.6 Å². The quantitative estimate of drug-likeness (QED) is 0.0281. The van der Waals surface area contributed by atoms with E-state index in [1.807, 2.05) is 0 Å². The van der Waals surface area contributed by atoms with Crippen molar-refractivity contribution in [2.75, 3.05) is 27.9 Å². The first kappa shape index (κ1) is 50.5. The van der Waals surface area contributed by atoms with Gasteiger partial charge in [-0.3, -0.25) is 10.2 Å². The van der Waals surface area contributed by atoms with Crippen LogP contribution in [0.1, 0.15) is 15.9 Å². The maximum absolute atomic E-state index is 13.7. The molecule has 0 spiro atoms. The number of anilines is 6. The van der Waals surface area contributed by atoms with Gasteiger partial charge in [0.25, 0.3) is 0 Å². The third-order valence-electron chi connectivity index (χ3n) is 7.88. The number of rotatable bonds is 11. The predicted octanol–water partition coefficient (Wildman–Crippen LogP) is -3.62. The van der Waals surface area contributed by atoms with Gasteiger partial charge in [-0.25, -0.2) is 25.3 Å². The summed E-state index contributed by atoms with van der Waals surface area (Å²) in [6.45, 7) is 0. The Kier molecular flexibility index (Phi) is 17.1. The van der Waals surface area contributed by atoms with Gasteiger partial charge >= 0.3 is 88.7 Å². The van der Waals surface area contributed by atoms with Crippen LogP contribution in [0.25, 0.3) is 6.08 Å². The largest absolute Gasteiger partial charge is 1.00 e. The van der Waals surface area contributed by atoms with Gasteiger partial charge in [-0.15, -0.1) is 10.2 Å². The van der Waals surface area contributed by atoms with Crippen LogP contribution in [-0.4, -0.2) is 50.4 Å². The number of benzene rings is 5. The Morgan fingerprint density at radius 1 is 0.600 bits per heavy atom. The average molecular weight is 899 g/mol. The van der Waals surface area contributed by atoms with E-state index in [0.717, 1.165) is 12.1 Å². The first-order valence-corrected chi connectivity index (χ1v) is 20.0. The van der Waals surface area contributed by atoms with Crippen LogP contribution in [-0.2, 0) is 30.4 Å². The second-order valence-corrected chi connectivity index (χ2v) is 15.9. The van der Waals surface area contributed by atoms with Crippen LogP contribution in [0.2, 0.25) is 0 Å². The number of hydrazone groups is 1. The SMILES string of the molecule is Nc1ccc(N=Nc2ccc(Nc3ccc(N=Nc4c(S(=O)(=O)[O-])cc5c(c4N)C(=O)/C(=N\Nc4ccccc4)C(S(=O)(=O)[O-])=C5)cc3S(=O)(=O)[O-])cc2)c(N)c1.[Na+].[Na+].[Na+]. The molecule has 26 heteroatoms. The first-order valence-electron chi connectivity index (χ1n) is 15.8. The minimum Gasteiger partial charge on any atom is -0.744 e. The summed E-state index contributed by atoms with van der Waals surface area (Å²) in [5, 5.41) is 22.3. The fraction of sp³-hybridized carbons (Fsp3) is 0. The normalized spacial score (nSPS) is 13.5. The molecule has 6 rings (SSSR count). The number of para-hydroxylation sites is 1. The second kappa shape index (κ2) is 20.3. The summed E-state index contributed by atoms with van der Waals surface area (Å²) in [6.07, 6.45) is 0.628. The number of fused-ring (bicyclic) bond motifs is 1. The van der Waals surface area contributed by atoms with Crippen LogP contribution in [0.4, 0.5) is 56.9 Å². The average Bonchev–Trinajstić information content (AvgIpc) is 3.13. The Balaban J connectivity index is 0.00000320. The van der Waals surface area contributed by atoms with Crippen molar-refractivity contribution in [1.82, 2.24) is 0 Å². The van der Waals surface area contributed by atoms with Crippen LogP contribution in [0.15, 0.2) is 137 Å². The van der Waals surface area contributed by atoms with Gasteiger partial charge in [0.1, 0.15) is 47.4 Å². The van der Waals surface area contributed by atoms with Crippen molar-refractivity contribution in [3.63, 3.8) is 0 Å². The Bertz CT molecular complexity index is 2940. The second-order valence-electron chi connectivity index (χ2n) is 11.8. The number of hydrogen-bond acceptors (Lipinski definition) is 20. The number of nitrogens with two attached hydrogens (primary N) is 3. The monoisotopic (exact) mass is 898 g/mol. The molecule has 0 saturated carbocycles. The summed E-state index contributed by atoms with van der Waals surface area (Å²) in [5.41, 5.74) is 18.1. The van der Waals surface area contributed by atoms with Gasteiger partial charge in [-0.05, 0) is 90.5 Å². The zero-order chi connectivity index (χ0) is 41.3. The molecule has 5 aromatic carbocycles. The van der Waals surface area contributed by atoms with Gasteiger partial charge in [0.2, 0.25) is 5.78 Å². The molecule has 0 heterocycles. The van der Waals surface area contributed by atoms with Crippen LogP contribution in [0.3, 0.4) is 0 Å². The Labute approximate surface area is 409 Å². The summed E-state index contributed by atoms with van der Waals surface area (Å²) in [7, 11) is -16.1. The molecule has 60 heavy (non-hydrogen) atoms. The van der Waals surface area contributed by atoms with Gasteiger partial charge < -0.3 is 36.2 Å². The Morgan fingerprint density at radius 2 is 1.22 bits per heavy atom. The third-order valence-corrected chi connectivity index (χ3v) is 10.5. The fourth-order valence-electron chi connectivity index (χ4n) is 5.25. The molecule has 1 aliphatic rings. The smallest absolute Gasteiger partial charge is 0.744 e. The number of carbonyl (C=O) groups excluding carboxylic acids is 1. The van der Waals surface area contributed by atoms with Gasteiger partial charge in [0, 0.05) is 11.4 Å². The molecule has 1 aliphatic carbocycles. The van der Waals surface area contributed by atoms with E-state index in [4.69, 9.17) is 17.2 Å². The summed E-state index contributed by atoms with van der Waals surface area (Å²) in [6, 6.07) is 22.4. The summed E-state index contributed by atoms with van der Waals surface area (Å²) in [4.78, 5) is 10.5. The molecule has 0 unspecified atom stereocenters. The summed E-state index contributed by atoms with van der Waals surface area (Å²) < 4.78 is 111. The molecule has 0 atom stereocenters. The van der Waals surface area contributed by atoms with Gasteiger partial charge in [-0.1, -0.05) is 18.2 Å². The van der Waals surface area contributed by atoms with E-state index in [-0.39, 0.29) is 100 Å². The molecule has 20 nitrogen and oxygen atoms in total. The summed E-state index contributed by atoms with van der Waals surface area (Å²) >= 11 is 0. The number of nitrogens with one attached hydrogen (secondary N) is 2. The van der Waals surface area contributed by atoms with E-state index in [1.165, 1.54) is 48.5 Å². The number of azo groups is 2. The van der Waals surface area contributed by atoms with E-state index < -0.39 is 79.0 Å². The number of nitrogen functional groups attached to an aromatic ring is 3. The molecule has 292 valence electrons. The van der Waals surface area contributed by atoms with Crippen LogP contribution < -0.4 is 117 Å². The number of hydrogen-bond donors (Lipinski definition) is 5. The van der Waals surface area contributed by atoms with Gasteiger partial charge in [0.15, 0.2) is 0 Å². The van der Waals surface area contributed by atoms with Crippen molar-refractivity contribution < 1.29 is 132 Å². The van der Waals surface area contributed by atoms with E-state index in [2.05, 4.69) is 36.3 Å². The minimum absolute atomic E-state index is 0. The predicted molar refractivity (Wildman–Crippen MR) is 206 cm³/mol. The van der Waals surface area contributed by atoms with Crippen LogP contribution in [0, 0.1) is 0 Å². The topological polar surface area (TPSA) is 353 Å². The molecule has 0 saturated heterocycles. The van der Waals surface area contributed by atoms with Crippen molar-refractivity contribution in [2.45, 2.75) is 9.79 Å². The number of allylic oxidation sites excluding steroid dienone is 1. The minimum atomic E-state index is -5.49. The van der Waals surface area contributed by atoms with E-state index >= 15 is 0 Å². The Hall–Kier alpha value is -3.89. The molecular weight excluding hydrogens is 874 g/mol. The zero-order valence-corrected chi connectivity index (χ0v) is 40.0. The molecule has 0 radical (unpaired) electrons. The van der Waals surface area contributed by atoms with E-state index in [1.54, 1.807) is 30.3 Å². The fourth-order valence-corrected chi connectivity index (χ4v) is 7.21. The Morgan fingerprint density at radius 3 is 1.82 bits per heavy atom. The maximum Gasteiger partial charge on any atom is 1.00 e. The van der Waals surface area contributed by atoms with Crippen LogP contribution in [0.5, 0.6) is 0 Å². The number of Topliss-reactive ketones (excluding diaryl/α,β-unsaturated/α-hetero) is 1. The van der Waals surface area contributed by atoms with Crippen molar-refractivity contribution in [3.05, 3.63) is 113 Å². The third kappa shape index (κ3) is 11.9. The molecule has 0 aromatic heterocycles. The van der Waals surface area contributed by atoms with Crippen molar-refractivity contribution in [1.29, 1.82) is 0 Å². The van der Waals surface area contributed by atoms with E-state index in [9.17, 15) is 43.7 Å². The van der Waals surface area contributed by atoms with Crippen molar-refractivity contribution >= 4 is 105 Å². The van der Waals surface area contributed by atoms with Crippen molar-refractivity contribution in [3.8, 4) is 0 Å². The number of nitrogens with zero attached hydrogens (tertiary/aromatic N) is 5. The molecule has 0 amide bonds.